The van der Waals surface area contributed by atoms with Gasteiger partial charge in [0.25, 0.3) is 0 Å². The van der Waals surface area contributed by atoms with Gasteiger partial charge < -0.3 is 15.0 Å². The molecule has 1 atom stereocenters. The summed E-state index contributed by atoms with van der Waals surface area (Å²) in [6.07, 6.45) is -0.994. The number of hydrogen-bond donors (Lipinski definition) is 1. The Morgan fingerprint density at radius 1 is 1.17 bits per heavy atom. The number of nitrogens with zero attached hydrogens (tertiary/aromatic N) is 2. The van der Waals surface area contributed by atoms with Gasteiger partial charge >= 0.3 is 6.09 Å². The Kier molecular flexibility index (Phi) is 6.13. The molecule has 8 heteroatoms. The van der Waals surface area contributed by atoms with Crippen LogP contribution in [0.2, 0.25) is 0 Å². The molecule has 2 amide bonds. The van der Waals surface area contributed by atoms with E-state index in [0.717, 1.165) is 35.8 Å². The molecule has 2 saturated heterocycles. The maximum Gasteiger partial charge on any atom is 0.414 e. The largest absolute Gasteiger partial charge is 0.442 e. The van der Waals surface area contributed by atoms with E-state index in [1.54, 1.807) is 12.1 Å². The van der Waals surface area contributed by atoms with Gasteiger partial charge in [-0.3, -0.25) is 9.69 Å². The normalized spacial score (nSPS) is 19.0. The number of benzene rings is 2. The number of carbonyl (C=O) groups is 2. The fourth-order valence-electron chi connectivity index (χ4n) is 3.68. The zero-order valence-corrected chi connectivity index (χ0v) is 17.6. The van der Waals surface area contributed by atoms with Crippen LogP contribution in [0.25, 0.3) is 11.1 Å². The molecule has 1 N–H and O–H groups in total. The summed E-state index contributed by atoms with van der Waals surface area (Å²) in [6, 6.07) is 12.7. The number of halogens is 1. The zero-order valence-electron chi connectivity index (χ0n) is 16.8. The number of cyclic esters (lactones) is 1. The van der Waals surface area contributed by atoms with E-state index >= 15 is 0 Å². The minimum atomic E-state index is -0.540. The number of hydrogen-bond acceptors (Lipinski definition) is 5. The summed E-state index contributed by atoms with van der Waals surface area (Å²) >= 11 is 1.96. The van der Waals surface area contributed by atoms with Crippen molar-refractivity contribution in [3.63, 3.8) is 0 Å². The molecule has 0 aromatic heterocycles. The summed E-state index contributed by atoms with van der Waals surface area (Å²) in [5.74, 6) is 1.67. The molecule has 0 unspecified atom stereocenters. The van der Waals surface area contributed by atoms with Gasteiger partial charge in [0.1, 0.15) is 11.9 Å². The van der Waals surface area contributed by atoms with E-state index in [4.69, 9.17) is 4.74 Å². The van der Waals surface area contributed by atoms with E-state index in [1.807, 2.05) is 36.0 Å². The summed E-state index contributed by atoms with van der Waals surface area (Å²) in [5, 5.41) is 2.63. The van der Waals surface area contributed by atoms with Crippen LogP contribution in [0.15, 0.2) is 42.5 Å². The molecule has 158 valence electrons. The average molecular weight is 430 g/mol. The molecule has 0 radical (unpaired) electrons. The van der Waals surface area contributed by atoms with Gasteiger partial charge in [-0.05, 0) is 35.9 Å². The average Bonchev–Trinajstić information content (AvgIpc) is 3.13. The molecule has 30 heavy (non-hydrogen) atoms. The Morgan fingerprint density at radius 3 is 2.53 bits per heavy atom. The number of nitrogens with one attached hydrogen (secondary N) is 1. The first-order valence-corrected chi connectivity index (χ1v) is 11.1. The molecule has 2 aromatic rings. The summed E-state index contributed by atoms with van der Waals surface area (Å²) in [5.41, 5.74) is 2.87. The molecule has 0 aliphatic carbocycles. The first kappa shape index (κ1) is 20.5. The number of ether oxygens (including phenoxy) is 1. The molecule has 2 aromatic carbocycles. The van der Waals surface area contributed by atoms with Crippen LogP contribution < -0.4 is 15.1 Å². The van der Waals surface area contributed by atoms with Crippen molar-refractivity contribution < 1.29 is 18.7 Å². The third-order valence-corrected chi connectivity index (χ3v) is 6.21. The fraction of sp³-hybridized carbons (Fsp3) is 0.364. The fourth-order valence-corrected chi connectivity index (χ4v) is 4.58. The van der Waals surface area contributed by atoms with Crippen LogP contribution >= 0.6 is 11.8 Å². The number of carbonyl (C=O) groups excluding carboxylic acids is 2. The maximum atomic E-state index is 14.9. The number of rotatable bonds is 5. The van der Waals surface area contributed by atoms with Crippen LogP contribution in [-0.2, 0) is 9.53 Å². The summed E-state index contributed by atoms with van der Waals surface area (Å²) in [4.78, 5) is 26.9. The van der Waals surface area contributed by atoms with Gasteiger partial charge in [-0.2, -0.15) is 11.8 Å². The number of anilines is 2. The van der Waals surface area contributed by atoms with Crippen molar-refractivity contribution in [1.82, 2.24) is 5.32 Å². The van der Waals surface area contributed by atoms with Gasteiger partial charge in [-0.15, -0.1) is 0 Å². The van der Waals surface area contributed by atoms with Crippen molar-refractivity contribution in [2.24, 2.45) is 0 Å². The molecule has 0 bridgehead atoms. The topological polar surface area (TPSA) is 61.9 Å². The molecular formula is C22H24FN3O3S. The molecule has 2 fully saturated rings. The minimum absolute atomic E-state index is 0.190. The van der Waals surface area contributed by atoms with E-state index < -0.39 is 18.0 Å². The molecule has 4 rings (SSSR count). The standard InChI is InChI=1S/C22H24FN3O3S/c1-15(27)24-13-19-14-26(22(28)29-19)18-6-7-20(21(23)12-18)16-2-4-17(5-3-16)25-8-10-30-11-9-25/h2-7,12,19H,8-11,13-14H2,1H3,(H,24,27)/t19-/m0/s1. The lowest BCUT2D eigenvalue weighted by atomic mass is 10.0. The predicted molar refractivity (Wildman–Crippen MR) is 118 cm³/mol. The first-order valence-electron chi connectivity index (χ1n) is 9.96. The third kappa shape index (κ3) is 4.53. The lowest BCUT2D eigenvalue weighted by molar-refractivity contribution is -0.119. The predicted octanol–water partition coefficient (Wildman–Crippen LogP) is 3.51. The van der Waals surface area contributed by atoms with Crippen molar-refractivity contribution in [1.29, 1.82) is 0 Å². The second kappa shape index (κ2) is 8.95. The molecular weight excluding hydrogens is 405 g/mol. The van der Waals surface area contributed by atoms with Gasteiger partial charge in [0.2, 0.25) is 5.91 Å². The van der Waals surface area contributed by atoms with E-state index in [-0.39, 0.29) is 19.0 Å². The van der Waals surface area contributed by atoms with Crippen molar-refractivity contribution in [3.05, 3.63) is 48.3 Å². The smallest absolute Gasteiger partial charge is 0.414 e. The van der Waals surface area contributed by atoms with E-state index in [0.29, 0.717) is 11.3 Å². The highest BCUT2D eigenvalue weighted by Gasteiger charge is 2.32. The second-order valence-corrected chi connectivity index (χ2v) is 8.59. The highest BCUT2D eigenvalue weighted by molar-refractivity contribution is 7.99. The van der Waals surface area contributed by atoms with Crippen molar-refractivity contribution in [2.75, 3.05) is 47.5 Å². The Morgan fingerprint density at radius 2 is 1.87 bits per heavy atom. The van der Waals surface area contributed by atoms with E-state index in [2.05, 4.69) is 10.2 Å². The molecule has 2 aliphatic heterocycles. The van der Waals surface area contributed by atoms with Crippen molar-refractivity contribution in [2.45, 2.75) is 13.0 Å². The minimum Gasteiger partial charge on any atom is -0.442 e. The third-order valence-electron chi connectivity index (χ3n) is 5.27. The number of amides is 2. The van der Waals surface area contributed by atoms with Gasteiger partial charge in [-0.1, -0.05) is 12.1 Å². The van der Waals surface area contributed by atoms with Crippen LogP contribution in [0.4, 0.5) is 20.6 Å². The Labute approximate surface area is 179 Å². The molecule has 0 saturated carbocycles. The van der Waals surface area contributed by atoms with Crippen LogP contribution in [0.3, 0.4) is 0 Å². The Bertz CT molecular complexity index is 932. The molecule has 6 nitrogen and oxygen atoms in total. The highest BCUT2D eigenvalue weighted by atomic mass is 32.2. The summed E-state index contributed by atoms with van der Waals surface area (Å²) in [7, 11) is 0. The van der Waals surface area contributed by atoms with Crippen LogP contribution in [-0.4, -0.2) is 55.8 Å². The van der Waals surface area contributed by atoms with E-state index in [9.17, 15) is 14.0 Å². The van der Waals surface area contributed by atoms with E-state index in [1.165, 1.54) is 17.9 Å². The Balaban J connectivity index is 1.47. The van der Waals surface area contributed by atoms with Gasteiger partial charge in [-0.25, -0.2) is 9.18 Å². The van der Waals surface area contributed by atoms with Gasteiger partial charge in [0.15, 0.2) is 0 Å². The van der Waals surface area contributed by atoms with Gasteiger partial charge in [0.05, 0.1) is 18.8 Å². The Hall–Kier alpha value is -2.74. The SMILES string of the molecule is CC(=O)NC[C@H]1CN(c2ccc(-c3ccc(N4CCSCC4)cc3)c(F)c2)C(=O)O1. The lowest BCUT2D eigenvalue weighted by Crippen LogP contribution is -2.33. The zero-order chi connectivity index (χ0) is 21.1. The maximum absolute atomic E-state index is 14.9. The van der Waals surface area contributed by atoms with Crippen LogP contribution in [0.1, 0.15) is 6.92 Å². The molecule has 2 aliphatic rings. The monoisotopic (exact) mass is 429 g/mol. The van der Waals surface area contributed by atoms with Crippen LogP contribution in [0.5, 0.6) is 0 Å². The summed E-state index contributed by atoms with van der Waals surface area (Å²) < 4.78 is 20.1. The van der Waals surface area contributed by atoms with Gasteiger partial charge in [0, 0.05) is 42.8 Å². The molecule has 2 heterocycles. The first-order chi connectivity index (χ1) is 14.5. The lowest BCUT2D eigenvalue weighted by Gasteiger charge is -2.28. The highest BCUT2D eigenvalue weighted by Crippen LogP contribution is 2.30. The summed E-state index contributed by atoms with van der Waals surface area (Å²) in [6.45, 7) is 3.96. The van der Waals surface area contributed by atoms with Crippen molar-refractivity contribution >= 4 is 35.1 Å². The van der Waals surface area contributed by atoms with Crippen LogP contribution in [0, 0.1) is 5.82 Å². The molecule has 0 spiro atoms. The number of thioether (sulfide) groups is 1. The quantitative estimate of drug-likeness (QED) is 0.788. The van der Waals surface area contributed by atoms with Crippen molar-refractivity contribution in [3.8, 4) is 11.1 Å². The second-order valence-electron chi connectivity index (χ2n) is 7.36.